The molecule has 3 rings (SSSR count). The van der Waals surface area contributed by atoms with Crippen molar-refractivity contribution in [3.63, 3.8) is 0 Å². The molecule has 0 bridgehead atoms. The van der Waals surface area contributed by atoms with E-state index in [1.165, 1.54) is 33.5 Å². The molecule has 0 aromatic heterocycles. The fraction of sp³-hybridized carbons (Fsp3) is 0.462. The highest BCUT2D eigenvalue weighted by Gasteiger charge is 2.51. The summed E-state index contributed by atoms with van der Waals surface area (Å²) < 4.78 is 42.5. The molecule has 1 aliphatic rings. The molecule has 0 N–H and O–H groups in total. The number of hydrogen-bond acceptors (Lipinski definition) is 8. The second-order valence-electron chi connectivity index (χ2n) is 8.11. The third-order valence-electron chi connectivity index (χ3n) is 6.17. The van der Waals surface area contributed by atoms with Gasteiger partial charge in [-0.15, -0.1) is 0 Å². The van der Waals surface area contributed by atoms with Gasteiger partial charge in [0.15, 0.2) is 0 Å². The first-order valence-corrected chi connectivity index (χ1v) is 13.5. The fourth-order valence-corrected chi connectivity index (χ4v) is 7.56. The summed E-state index contributed by atoms with van der Waals surface area (Å²) in [5, 5.41) is 0. The lowest BCUT2D eigenvalue weighted by molar-refractivity contribution is 0.102. The van der Waals surface area contributed by atoms with Gasteiger partial charge in [-0.2, -0.15) is 0 Å². The van der Waals surface area contributed by atoms with E-state index < -0.39 is 23.8 Å². The lowest BCUT2D eigenvalue weighted by Crippen LogP contribution is -2.22. The molecule has 2 aromatic rings. The van der Waals surface area contributed by atoms with Gasteiger partial charge in [0.2, 0.25) is 18.2 Å². The van der Waals surface area contributed by atoms with Crippen molar-refractivity contribution in [2.75, 3.05) is 34.5 Å². The van der Waals surface area contributed by atoms with Gasteiger partial charge >= 0.3 is 0 Å². The summed E-state index contributed by atoms with van der Waals surface area (Å²) in [7, 11) is 0.0257. The van der Waals surface area contributed by atoms with E-state index in [1.807, 2.05) is 0 Å². The molecule has 0 saturated heterocycles. The lowest BCUT2D eigenvalue weighted by Gasteiger charge is -2.25. The van der Waals surface area contributed by atoms with Crippen LogP contribution in [0.25, 0.3) is 0 Å². The maximum Gasteiger partial charge on any atom is 0.236 e. The Labute approximate surface area is 206 Å². The van der Waals surface area contributed by atoms with Crippen molar-refractivity contribution in [2.45, 2.75) is 45.2 Å². The predicted molar refractivity (Wildman–Crippen MR) is 133 cm³/mol. The van der Waals surface area contributed by atoms with Crippen molar-refractivity contribution < 1.29 is 37.8 Å². The Morgan fingerprint density at radius 2 is 1.26 bits per heavy atom. The molecule has 0 spiro atoms. The minimum Gasteiger partial charge on any atom is -0.496 e. The Hall–Kier alpha value is -2.99. The molecule has 1 saturated carbocycles. The zero-order valence-electron chi connectivity index (χ0n) is 20.9. The van der Waals surface area contributed by atoms with Crippen molar-refractivity contribution in [3.05, 3.63) is 41.5 Å². The van der Waals surface area contributed by atoms with Crippen LogP contribution in [-0.4, -0.2) is 51.3 Å². The molecule has 1 unspecified atom stereocenters. The molecule has 0 amide bonds. The molecule has 2 aromatic carbocycles. The van der Waals surface area contributed by atoms with Crippen LogP contribution in [0.4, 0.5) is 0 Å². The quantitative estimate of drug-likeness (QED) is 0.335. The van der Waals surface area contributed by atoms with E-state index in [-0.39, 0.29) is 47.3 Å². The van der Waals surface area contributed by atoms with Crippen LogP contribution in [0.1, 0.15) is 60.2 Å². The summed E-state index contributed by atoms with van der Waals surface area (Å²) in [6, 6.07) is 7.97. The van der Waals surface area contributed by atoms with Crippen LogP contribution in [0.5, 0.6) is 28.7 Å². The van der Waals surface area contributed by atoms with E-state index in [0.29, 0.717) is 18.6 Å². The number of rotatable bonds is 12. The van der Waals surface area contributed by atoms with Crippen molar-refractivity contribution in [1.82, 2.24) is 0 Å². The van der Waals surface area contributed by atoms with E-state index in [2.05, 4.69) is 0 Å². The van der Waals surface area contributed by atoms with Gasteiger partial charge in [0.05, 0.1) is 34.5 Å². The SMILES string of the molecule is CCOc1cccc(OCC)c1C(=O)P(=O)(C(=O)c1c(OC)cc(OC)cc1OC)C1CCCC1. The topological polar surface area (TPSA) is 97.4 Å². The van der Waals surface area contributed by atoms with Crippen LogP contribution >= 0.6 is 7.14 Å². The first-order valence-electron chi connectivity index (χ1n) is 11.7. The number of carbonyl (C=O) groups excluding carboxylic acids is 2. The van der Waals surface area contributed by atoms with Crippen LogP contribution in [0, 0.1) is 0 Å². The summed E-state index contributed by atoms with van der Waals surface area (Å²) in [4.78, 5) is 28.4. The lowest BCUT2D eigenvalue weighted by atomic mass is 10.2. The number of carbonyl (C=O) groups is 2. The van der Waals surface area contributed by atoms with E-state index in [1.54, 1.807) is 32.0 Å². The molecule has 9 heteroatoms. The molecule has 35 heavy (non-hydrogen) atoms. The molecule has 0 aliphatic heterocycles. The van der Waals surface area contributed by atoms with Crippen LogP contribution in [0.3, 0.4) is 0 Å². The average Bonchev–Trinajstić information content (AvgIpc) is 3.42. The minimum atomic E-state index is -4.24. The van der Waals surface area contributed by atoms with E-state index >= 15 is 0 Å². The summed E-state index contributed by atoms with van der Waals surface area (Å²) in [6.45, 7) is 4.15. The standard InChI is InChI=1S/C26H33O8P/c1-6-33-19-13-10-14-20(34-7-2)23(19)25(27)35(29,18-11-8-9-12-18)26(28)24-21(31-4)15-17(30-3)16-22(24)32-5/h10,13-16,18H,6-9,11-12H2,1-5H3. The van der Waals surface area contributed by atoms with Crippen LogP contribution in [0.15, 0.2) is 30.3 Å². The molecule has 1 aliphatic carbocycles. The fourth-order valence-electron chi connectivity index (χ4n) is 4.51. The molecule has 1 atom stereocenters. The highest BCUT2D eigenvalue weighted by atomic mass is 31.2. The Balaban J connectivity index is 2.27. The van der Waals surface area contributed by atoms with Crippen molar-refractivity contribution in [3.8, 4) is 28.7 Å². The van der Waals surface area contributed by atoms with Crippen molar-refractivity contribution >= 4 is 18.2 Å². The number of hydrogen-bond donors (Lipinski definition) is 0. The Kier molecular flexibility index (Phi) is 8.84. The van der Waals surface area contributed by atoms with Gasteiger partial charge in [-0.3, -0.25) is 9.59 Å². The first-order chi connectivity index (χ1) is 16.9. The van der Waals surface area contributed by atoms with Gasteiger partial charge in [0.25, 0.3) is 0 Å². The van der Waals surface area contributed by atoms with E-state index in [4.69, 9.17) is 23.7 Å². The molecule has 1 fully saturated rings. The second kappa shape index (κ2) is 11.6. The first kappa shape index (κ1) is 26.6. The van der Waals surface area contributed by atoms with E-state index in [9.17, 15) is 14.2 Å². The molecule has 0 radical (unpaired) electrons. The van der Waals surface area contributed by atoms with Crippen molar-refractivity contribution in [1.29, 1.82) is 0 Å². The second-order valence-corrected chi connectivity index (χ2v) is 11.0. The summed E-state index contributed by atoms with van der Waals surface area (Å²) in [6.07, 6.45) is 2.60. The monoisotopic (exact) mass is 504 g/mol. The minimum absolute atomic E-state index is 0.0335. The molecular formula is C26H33O8P. The maximum atomic E-state index is 14.9. The summed E-state index contributed by atoms with van der Waals surface area (Å²) in [5.41, 5.74) is -2.15. The Morgan fingerprint density at radius 1 is 0.800 bits per heavy atom. The number of benzene rings is 2. The van der Waals surface area contributed by atoms with Gasteiger partial charge in [-0.05, 0) is 38.8 Å². The molecule has 190 valence electrons. The largest absolute Gasteiger partial charge is 0.496 e. The van der Waals surface area contributed by atoms with Gasteiger partial charge in [-0.25, -0.2) is 0 Å². The van der Waals surface area contributed by atoms with Gasteiger partial charge in [0.1, 0.15) is 39.9 Å². The number of ether oxygens (including phenoxy) is 5. The van der Waals surface area contributed by atoms with Crippen LogP contribution in [0.2, 0.25) is 0 Å². The third-order valence-corrected chi connectivity index (χ3v) is 9.37. The highest BCUT2D eigenvalue weighted by molar-refractivity contribution is 7.96. The summed E-state index contributed by atoms with van der Waals surface area (Å²) >= 11 is 0. The number of methoxy groups -OCH3 is 3. The van der Waals surface area contributed by atoms with Gasteiger partial charge < -0.3 is 28.2 Å². The van der Waals surface area contributed by atoms with Crippen LogP contribution < -0.4 is 23.7 Å². The molecular weight excluding hydrogens is 471 g/mol. The Morgan fingerprint density at radius 3 is 1.66 bits per heavy atom. The van der Waals surface area contributed by atoms with E-state index in [0.717, 1.165) is 12.8 Å². The average molecular weight is 505 g/mol. The predicted octanol–water partition coefficient (Wildman–Crippen LogP) is 5.80. The zero-order chi connectivity index (χ0) is 25.6. The third kappa shape index (κ3) is 5.03. The van der Waals surface area contributed by atoms with Crippen LogP contribution in [-0.2, 0) is 4.57 Å². The molecule has 8 nitrogen and oxygen atoms in total. The van der Waals surface area contributed by atoms with Gasteiger partial charge in [0, 0.05) is 17.8 Å². The summed E-state index contributed by atoms with van der Waals surface area (Å²) in [5.74, 6) is 1.13. The smallest absolute Gasteiger partial charge is 0.236 e. The van der Waals surface area contributed by atoms with Gasteiger partial charge in [-0.1, -0.05) is 18.9 Å². The Bertz CT molecular complexity index is 1070. The van der Waals surface area contributed by atoms with Crippen molar-refractivity contribution in [2.24, 2.45) is 0 Å². The zero-order valence-corrected chi connectivity index (χ0v) is 21.8. The normalized spacial score (nSPS) is 15.2. The highest BCUT2D eigenvalue weighted by Crippen LogP contribution is 2.63. The molecule has 0 heterocycles. The maximum absolute atomic E-state index is 14.9.